The molecule has 5 aliphatic rings. The number of carbonyl (C=O) groups is 1. The normalized spacial score (nSPS) is 22.1. The molecule has 9 nitrogen and oxygen atoms in total. The molecule has 2 atom stereocenters. The summed E-state index contributed by atoms with van der Waals surface area (Å²) >= 11 is 12.8. The fraction of sp³-hybridized carbons (Fsp3) is 0.436. The lowest BCUT2D eigenvalue weighted by Crippen LogP contribution is -2.36. The molecular formula is C39H42Cl2F3N7O2. The van der Waals surface area contributed by atoms with Gasteiger partial charge in [0.25, 0.3) is 0 Å². The Hall–Kier alpha value is -4.31. The number of nitrogens with one attached hydrogen (secondary N) is 2. The maximum Gasteiger partial charge on any atom is 0.331 e. The SMILES string of the molecule is C1NC2CC1C2.Cc1nc2c(F)c(-c3cccc(Cl)c3Cl)c(CCC#N)cc2c2[nH]c(C3CCC(C)N3C(=O)C3CC3)cc12.N/C=C(O)\C=N\C(F)F. The Bertz CT molecular complexity index is 2090. The molecule has 2 saturated carbocycles. The van der Waals surface area contributed by atoms with Gasteiger partial charge in [0.05, 0.1) is 33.9 Å². The summed E-state index contributed by atoms with van der Waals surface area (Å²) in [6.07, 6.45) is 8.67. The first-order valence-electron chi connectivity index (χ1n) is 17.8. The molecule has 2 bridgehead atoms. The van der Waals surface area contributed by atoms with Gasteiger partial charge in [-0.15, -0.1) is 0 Å². The molecule has 2 aromatic carbocycles. The van der Waals surface area contributed by atoms with Crippen LogP contribution in [0.15, 0.2) is 47.3 Å². The van der Waals surface area contributed by atoms with Crippen molar-refractivity contribution in [1.82, 2.24) is 20.2 Å². The Kier molecular flexibility index (Phi) is 11.9. The second-order valence-electron chi connectivity index (χ2n) is 14.1. The highest BCUT2D eigenvalue weighted by Gasteiger charge is 2.42. The first-order valence-corrected chi connectivity index (χ1v) is 18.6. The number of halogens is 5. The van der Waals surface area contributed by atoms with Crippen molar-refractivity contribution in [3.05, 3.63) is 75.1 Å². The van der Waals surface area contributed by atoms with E-state index in [2.05, 4.69) is 34.4 Å². The predicted octanol–water partition coefficient (Wildman–Crippen LogP) is 9.06. The second kappa shape index (κ2) is 16.4. The van der Waals surface area contributed by atoms with Crippen molar-refractivity contribution in [1.29, 1.82) is 5.26 Å². The zero-order valence-corrected chi connectivity index (χ0v) is 31.0. The standard InChI is InChI=1S/C30H27Cl2FN4O.C5H9N.C4H6F2N2O/c1-15-8-11-24(37(15)30(38)17-9-10-17)23-14-20-16(2)35-29-21(28(20)36-23)13-18(5-4-12-34)25(27(29)33)19-6-3-7-22(31)26(19)32;1-4-2-5(1)6-3-4;5-4(6)8-2-3(9)1-7/h3,6-7,13-15,17,24,36H,4-5,8-11H2,1-2H3;4-6H,1-3H2;1-2,4,9H,7H2/b;;3-1+,8-2+. The summed E-state index contributed by atoms with van der Waals surface area (Å²) in [5.41, 5.74) is 8.87. The van der Waals surface area contributed by atoms with Gasteiger partial charge in [0.1, 0.15) is 11.3 Å². The van der Waals surface area contributed by atoms with Crippen LogP contribution in [-0.2, 0) is 11.2 Å². The van der Waals surface area contributed by atoms with Gasteiger partial charge in [-0.25, -0.2) is 14.4 Å². The summed E-state index contributed by atoms with van der Waals surface area (Å²) in [4.78, 5) is 26.0. The highest BCUT2D eigenvalue weighted by Crippen LogP contribution is 2.44. The number of aliphatic hydroxyl groups excluding tert-OH is 1. The number of fused-ring (bicyclic) bond motifs is 4. The number of pyridine rings is 1. The first-order chi connectivity index (χ1) is 25.4. The van der Waals surface area contributed by atoms with Crippen LogP contribution < -0.4 is 11.1 Å². The highest BCUT2D eigenvalue weighted by molar-refractivity contribution is 6.43. The van der Waals surface area contributed by atoms with Crippen molar-refractivity contribution in [2.45, 2.75) is 89.9 Å². The summed E-state index contributed by atoms with van der Waals surface area (Å²) in [6.45, 7) is 2.50. The quantitative estimate of drug-likeness (QED) is 0.0840. The van der Waals surface area contributed by atoms with Gasteiger partial charge in [0.15, 0.2) is 5.82 Å². The van der Waals surface area contributed by atoms with Gasteiger partial charge < -0.3 is 26.0 Å². The number of H-pyrrole nitrogens is 1. The number of rotatable bonds is 7. The molecule has 1 amide bonds. The van der Waals surface area contributed by atoms with Gasteiger partial charge in [-0.05, 0) is 95.0 Å². The fourth-order valence-corrected chi connectivity index (χ4v) is 7.92. The van der Waals surface area contributed by atoms with Crippen LogP contribution in [0.1, 0.15) is 74.9 Å². The average molecular weight is 769 g/mol. The van der Waals surface area contributed by atoms with E-state index in [-0.39, 0.29) is 40.9 Å². The third kappa shape index (κ3) is 8.27. The minimum Gasteiger partial charge on any atom is -0.505 e. The topological polar surface area (TPSA) is 143 Å². The van der Waals surface area contributed by atoms with Crippen molar-refractivity contribution in [3.63, 3.8) is 0 Å². The number of alkyl halides is 2. The largest absolute Gasteiger partial charge is 0.505 e. The Morgan fingerprint density at radius 1 is 1.21 bits per heavy atom. The van der Waals surface area contributed by atoms with E-state index in [4.69, 9.17) is 39.0 Å². The molecule has 5 fully saturated rings. The molecule has 9 rings (SSSR count). The van der Waals surface area contributed by atoms with Crippen LogP contribution in [0.5, 0.6) is 0 Å². The fourth-order valence-electron chi connectivity index (χ4n) is 7.53. The minimum atomic E-state index is -2.80. The second-order valence-corrected chi connectivity index (χ2v) is 14.9. The zero-order chi connectivity index (χ0) is 38.0. The molecule has 0 spiro atoms. The molecule has 2 aromatic heterocycles. The molecular weight excluding hydrogens is 726 g/mol. The molecule has 14 heteroatoms. The van der Waals surface area contributed by atoms with E-state index in [9.17, 15) is 18.8 Å². The number of allylic oxidation sites excluding steroid dienone is 1. The summed E-state index contributed by atoms with van der Waals surface area (Å²) in [5, 5.41) is 23.2. The molecule has 4 aromatic rings. The molecule has 280 valence electrons. The number of aliphatic imine (C=N–C) groups is 1. The van der Waals surface area contributed by atoms with Gasteiger partial charge in [0, 0.05) is 63.9 Å². The number of nitrogens with zero attached hydrogens (tertiary/aromatic N) is 4. The number of carbonyl (C=O) groups excluding carboxylic acids is 1. The number of hydrogen-bond acceptors (Lipinski definition) is 7. The van der Waals surface area contributed by atoms with Gasteiger partial charge in [0.2, 0.25) is 5.91 Å². The van der Waals surface area contributed by atoms with Crippen LogP contribution in [0, 0.1) is 35.9 Å². The molecule has 5 heterocycles. The van der Waals surface area contributed by atoms with E-state index >= 15 is 4.39 Å². The van der Waals surface area contributed by atoms with Gasteiger partial charge in [-0.2, -0.15) is 14.0 Å². The van der Waals surface area contributed by atoms with E-state index in [1.807, 2.05) is 17.9 Å². The molecule has 5 N–H and O–H groups in total. The lowest BCUT2D eigenvalue weighted by atomic mass is 9.87. The van der Waals surface area contributed by atoms with Crippen molar-refractivity contribution in [3.8, 4) is 17.2 Å². The zero-order valence-electron chi connectivity index (χ0n) is 29.5. The first kappa shape index (κ1) is 38.4. The number of aromatic amines is 1. The molecule has 53 heavy (non-hydrogen) atoms. The molecule has 0 radical (unpaired) electrons. The summed E-state index contributed by atoms with van der Waals surface area (Å²) in [5.74, 6) is 0.512. The van der Waals surface area contributed by atoms with E-state index in [1.165, 1.54) is 19.4 Å². The van der Waals surface area contributed by atoms with Crippen LogP contribution >= 0.6 is 23.2 Å². The molecule has 2 unspecified atom stereocenters. The number of amides is 1. The number of aliphatic hydroxyl groups is 1. The average Bonchev–Trinajstić information content (AvgIpc) is 3.45. The number of likely N-dealkylation sites (tertiary alicyclic amines) is 1. The van der Waals surface area contributed by atoms with Crippen LogP contribution in [0.3, 0.4) is 0 Å². The van der Waals surface area contributed by atoms with Crippen LogP contribution in [0.2, 0.25) is 10.0 Å². The van der Waals surface area contributed by atoms with E-state index in [0.29, 0.717) is 45.4 Å². The van der Waals surface area contributed by atoms with Crippen molar-refractivity contribution < 1.29 is 23.1 Å². The summed E-state index contributed by atoms with van der Waals surface area (Å²) in [6, 6.07) is 12.4. The maximum absolute atomic E-state index is 16.4. The van der Waals surface area contributed by atoms with Crippen molar-refractivity contribution in [2.24, 2.45) is 22.6 Å². The number of nitriles is 1. The maximum atomic E-state index is 16.4. The monoisotopic (exact) mass is 767 g/mol. The Morgan fingerprint density at radius 2 is 1.96 bits per heavy atom. The molecule has 3 saturated heterocycles. The van der Waals surface area contributed by atoms with Crippen LogP contribution in [0.4, 0.5) is 13.2 Å². The van der Waals surface area contributed by atoms with Gasteiger partial charge in [-0.1, -0.05) is 35.3 Å². The minimum absolute atomic E-state index is 0.0348. The number of aromatic nitrogens is 2. The molecule has 3 aliphatic heterocycles. The van der Waals surface area contributed by atoms with Gasteiger partial charge in [-0.3, -0.25) is 4.79 Å². The number of nitrogens with two attached hydrogens (primary N) is 1. The smallest absolute Gasteiger partial charge is 0.331 e. The Balaban J connectivity index is 0.000000265. The lowest BCUT2D eigenvalue weighted by Gasteiger charge is -2.28. The number of hydrogen-bond donors (Lipinski definition) is 4. The number of aryl methyl sites for hydroxylation is 2. The summed E-state index contributed by atoms with van der Waals surface area (Å²) in [7, 11) is 0. The van der Waals surface area contributed by atoms with E-state index < -0.39 is 18.1 Å². The van der Waals surface area contributed by atoms with Crippen molar-refractivity contribution >= 4 is 57.1 Å². The third-order valence-electron chi connectivity index (χ3n) is 10.5. The van der Waals surface area contributed by atoms with Crippen molar-refractivity contribution in [2.75, 3.05) is 6.54 Å². The van der Waals surface area contributed by atoms with Gasteiger partial charge >= 0.3 is 6.55 Å². The lowest BCUT2D eigenvalue weighted by molar-refractivity contribution is -0.135. The number of benzene rings is 2. The van der Waals surface area contributed by atoms with Crippen LogP contribution in [-0.4, -0.2) is 57.3 Å². The van der Waals surface area contributed by atoms with E-state index in [0.717, 1.165) is 60.4 Å². The van der Waals surface area contributed by atoms with Crippen LogP contribution in [0.25, 0.3) is 32.9 Å². The highest BCUT2D eigenvalue weighted by atomic mass is 35.5. The third-order valence-corrected chi connectivity index (χ3v) is 11.3. The Morgan fingerprint density at radius 3 is 2.57 bits per heavy atom. The Labute approximate surface area is 316 Å². The van der Waals surface area contributed by atoms with E-state index in [1.54, 1.807) is 18.2 Å². The predicted molar refractivity (Wildman–Crippen MR) is 203 cm³/mol. The summed E-state index contributed by atoms with van der Waals surface area (Å²) < 4.78 is 38.7. The molecule has 2 aliphatic carbocycles.